The lowest BCUT2D eigenvalue weighted by atomic mass is 10.2. The van der Waals surface area contributed by atoms with Crippen LogP contribution in [0.2, 0.25) is 0 Å². The highest BCUT2D eigenvalue weighted by molar-refractivity contribution is 5.81. The van der Waals surface area contributed by atoms with E-state index >= 15 is 0 Å². The van der Waals surface area contributed by atoms with E-state index in [0.29, 0.717) is 0 Å². The predicted octanol–water partition coefficient (Wildman–Crippen LogP) is -0.0337. The Morgan fingerprint density at radius 2 is 2.15 bits per heavy atom. The molecule has 13 heavy (non-hydrogen) atoms. The second-order valence-electron chi connectivity index (χ2n) is 3.38. The molecule has 5 heteroatoms. The number of nitrogens with zero attached hydrogens (tertiary/aromatic N) is 1. The molecule has 0 aromatic carbocycles. The highest BCUT2D eigenvalue weighted by Crippen LogP contribution is 2.07. The van der Waals surface area contributed by atoms with Crippen LogP contribution in [0, 0.1) is 11.3 Å². The molecule has 1 amide bonds. The fraction of sp³-hybridized carbons (Fsp3) is 0.625. The van der Waals surface area contributed by atoms with Crippen LogP contribution >= 0.6 is 0 Å². The second-order valence-corrected chi connectivity index (χ2v) is 3.38. The van der Waals surface area contributed by atoms with Crippen molar-refractivity contribution in [2.45, 2.75) is 32.4 Å². The van der Waals surface area contributed by atoms with Gasteiger partial charge < -0.3 is 10.1 Å². The fourth-order valence-corrected chi connectivity index (χ4v) is 0.587. The van der Waals surface area contributed by atoms with Crippen molar-refractivity contribution < 1.29 is 14.3 Å². The smallest absolute Gasteiger partial charge is 0.344 e. The number of carbonyl (C=O) groups excluding carboxylic acids is 2. The summed E-state index contributed by atoms with van der Waals surface area (Å²) >= 11 is 0. The van der Waals surface area contributed by atoms with E-state index in [-0.39, 0.29) is 6.41 Å². The molecule has 72 valence electrons. The molecule has 0 aromatic heterocycles. The molecular formula is C8H12N2O3. The third-order valence-electron chi connectivity index (χ3n) is 1.01. The van der Waals surface area contributed by atoms with Crippen LogP contribution in [0.5, 0.6) is 0 Å². The molecule has 1 N–H and O–H groups in total. The summed E-state index contributed by atoms with van der Waals surface area (Å²) in [6, 6.07) is 0.383. The van der Waals surface area contributed by atoms with Gasteiger partial charge in [-0.25, -0.2) is 4.79 Å². The maximum Gasteiger partial charge on any atom is 0.344 e. The molecule has 0 fully saturated rings. The summed E-state index contributed by atoms with van der Waals surface area (Å²) < 4.78 is 4.86. The Balaban J connectivity index is 4.24. The third-order valence-corrected chi connectivity index (χ3v) is 1.01. The zero-order chi connectivity index (χ0) is 10.5. The van der Waals surface area contributed by atoms with Gasteiger partial charge in [-0.2, -0.15) is 5.26 Å². The van der Waals surface area contributed by atoms with Gasteiger partial charge in [-0.3, -0.25) is 4.79 Å². The van der Waals surface area contributed by atoms with Gasteiger partial charge in [0.15, 0.2) is 0 Å². The van der Waals surface area contributed by atoms with Crippen molar-refractivity contribution >= 4 is 12.4 Å². The number of esters is 1. The van der Waals surface area contributed by atoms with Crippen LogP contribution in [-0.2, 0) is 14.3 Å². The average Bonchev–Trinajstić information content (AvgIpc) is 1.96. The van der Waals surface area contributed by atoms with E-state index in [1.807, 2.05) is 5.32 Å². The zero-order valence-corrected chi connectivity index (χ0v) is 7.83. The Bertz CT molecular complexity index is 237. The van der Waals surface area contributed by atoms with Crippen LogP contribution in [0.15, 0.2) is 0 Å². The summed E-state index contributed by atoms with van der Waals surface area (Å²) in [6.07, 6.45) is 0.289. The lowest BCUT2D eigenvalue weighted by Crippen LogP contribution is -2.39. The molecule has 0 spiro atoms. The Labute approximate surface area is 76.7 Å². The lowest BCUT2D eigenvalue weighted by molar-refractivity contribution is -0.156. The second kappa shape index (κ2) is 4.45. The van der Waals surface area contributed by atoms with Crippen LogP contribution < -0.4 is 5.32 Å². The van der Waals surface area contributed by atoms with Crippen LogP contribution in [0.3, 0.4) is 0 Å². The van der Waals surface area contributed by atoms with E-state index in [9.17, 15) is 9.59 Å². The van der Waals surface area contributed by atoms with Gasteiger partial charge in [0.1, 0.15) is 5.60 Å². The van der Waals surface area contributed by atoms with E-state index in [2.05, 4.69) is 0 Å². The SMILES string of the molecule is CC(C)(C)OC(=O)C(C#N)NC=O. The van der Waals surface area contributed by atoms with Gasteiger partial charge >= 0.3 is 5.97 Å². The van der Waals surface area contributed by atoms with Crippen LogP contribution in [0.25, 0.3) is 0 Å². The number of hydrogen-bond acceptors (Lipinski definition) is 4. The summed E-state index contributed by atoms with van der Waals surface area (Å²) in [7, 11) is 0. The van der Waals surface area contributed by atoms with Gasteiger partial charge in [-0.05, 0) is 20.8 Å². The monoisotopic (exact) mass is 184 g/mol. The largest absolute Gasteiger partial charge is 0.458 e. The molecular weight excluding hydrogens is 172 g/mol. The third kappa shape index (κ3) is 4.80. The van der Waals surface area contributed by atoms with E-state index in [1.54, 1.807) is 26.8 Å². The first kappa shape index (κ1) is 11.4. The number of ether oxygens (including phenoxy) is 1. The van der Waals surface area contributed by atoms with E-state index in [0.717, 1.165) is 0 Å². The summed E-state index contributed by atoms with van der Waals surface area (Å²) in [4.78, 5) is 21.1. The number of nitrogens with one attached hydrogen (secondary N) is 1. The van der Waals surface area contributed by atoms with E-state index < -0.39 is 17.6 Å². The number of amides is 1. The standard InChI is InChI=1S/C8H12N2O3/c1-8(2,3)13-7(12)6(4-9)10-5-11/h5-6H,1-3H3,(H,10,11). The first-order valence-electron chi connectivity index (χ1n) is 3.73. The molecule has 0 saturated heterocycles. The minimum atomic E-state index is -1.23. The molecule has 0 aliphatic carbocycles. The molecule has 0 aromatic rings. The molecule has 5 nitrogen and oxygen atoms in total. The van der Waals surface area contributed by atoms with Gasteiger partial charge in [-0.15, -0.1) is 0 Å². The summed E-state index contributed by atoms with van der Waals surface area (Å²) in [6.45, 7) is 5.04. The molecule has 0 saturated carbocycles. The quantitative estimate of drug-likeness (QED) is 0.493. The molecule has 1 unspecified atom stereocenters. The van der Waals surface area contributed by atoms with Crippen molar-refractivity contribution in [3.63, 3.8) is 0 Å². The Kier molecular flexibility index (Phi) is 3.92. The maximum absolute atomic E-state index is 11.1. The Morgan fingerprint density at radius 1 is 1.62 bits per heavy atom. The van der Waals surface area contributed by atoms with Gasteiger partial charge in [-0.1, -0.05) is 0 Å². The van der Waals surface area contributed by atoms with Crippen molar-refractivity contribution in [1.82, 2.24) is 5.32 Å². The zero-order valence-electron chi connectivity index (χ0n) is 7.83. The summed E-state index contributed by atoms with van der Waals surface area (Å²) in [5.41, 5.74) is -0.656. The first-order chi connectivity index (χ1) is 5.90. The van der Waals surface area contributed by atoms with E-state index in [1.165, 1.54) is 0 Å². The molecule has 0 bridgehead atoms. The fourth-order valence-electron chi connectivity index (χ4n) is 0.587. The Morgan fingerprint density at radius 3 is 2.46 bits per heavy atom. The number of nitriles is 1. The van der Waals surface area contributed by atoms with Crippen LogP contribution in [0.1, 0.15) is 20.8 Å². The topological polar surface area (TPSA) is 79.2 Å². The van der Waals surface area contributed by atoms with Crippen molar-refractivity contribution in [2.75, 3.05) is 0 Å². The Hall–Kier alpha value is -1.57. The van der Waals surface area contributed by atoms with Gasteiger partial charge in [0.2, 0.25) is 12.5 Å². The predicted molar refractivity (Wildman–Crippen MR) is 44.4 cm³/mol. The minimum absolute atomic E-state index is 0.289. The van der Waals surface area contributed by atoms with Crippen molar-refractivity contribution in [3.05, 3.63) is 0 Å². The lowest BCUT2D eigenvalue weighted by Gasteiger charge is -2.20. The average molecular weight is 184 g/mol. The highest BCUT2D eigenvalue weighted by Gasteiger charge is 2.24. The van der Waals surface area contributed by atoms with Crippen LogP contribution in [0.4, 0.5) is 0 Å². The molecule has 1 atom stereocenters. The summed E-state index contributed by atoms with van der Waals surface area (Å²) in [5, 5.41) is 10.5. The summed E-state index contributed by atoms with van der Waals surface area (Å²) in [5.74, 6) is -0.748. The van der Waals surface area contributed by atoms with Crippen LogP contribution in [-0.4, -0.2) is 24.0 Å². The molecule has 0 radical (unpaired) electrons. The number of carbonyl (C=O) groups is 2. The highest BCUT2D eigenvalue weighted by atomic mass is 16.6. The van der Waals surface area contributed by atoms with Crippen molar-refractivity contribution in [1.29, 1.82) is 5.26 Å². The number of hydrogen-bond donors (Lipinski definition) is 1. The normalized spacial score (nSPS) is 12.5. The van der Waals surface area contributed by atoms with Gasteiger partial charge in [0, 0.05) is 0 Å². The van der Waals surface area contributed by atoms with Gasteiger partial charge in [0.25, 0.3) is 0 Å². The van der Waals surface area contributed by atoms with Crippen molar-refractivity contribution in [2.24, 2.45) is 0 Å². The van der Waals surface area contributed by atoms with Crippen molar-refractivity contribution in [3.8, 4) is 6.07 Å². The maximum atomic E-state index is 11.1. The van der Waals surface area contributed by atoms with E-state index in [4.69, 9.17) is 10.00 Å². The molecule has 0 aliphatic heterocycles. The minimum Gasteiger partial charge on any atom is -0.458 e. The molecule has 0 heterocycles. The first-order valence-corrected chi connectivity index (χ1v) is 3.73. The molecule has 0 aliphatic rings. The van der Waals surface area contributed by atoms with Gasteiger partial charge in [0.05, 0.1) is 6.07 Å². The number of rotatable bonds is 3. The molecule has 0 rings (SSSR count).